The number of hydroxylamine groups is 4. The van der Waals surface area contributed by atoms with E-state index in [4.69, 9.17) is 0 Å². The van der Waals surface area contributed by atoms with Crippen molar-refractivity contribution in [3.8, 4) is 0 Å². The Balaban J connectivity index is 1.64. The fraction of sp³-hybridized carbons (Fsp3) is 0.571. The first-order valence-electron chi connectivity index (χ1n) is 7.76. The Labute approximate surface area is 150 Å². The predicted octanol–water partition coefficient (Wildman–Crippen LogP) is -1.27. The average molecular weight is 388 g/mol. The zero-order valence-corrected chi connectivity index (χ0v) is 14.5. The number of imide groups is 2. The normalized spacial score (nSPS) is 17.5. The Morgan fingerprint density at radius 2 is 1.08 bits per heavy atom. The van der Waals surface area contributed by atoms with Crippen molar-refractivity contribution in [1.29, 1.82) is 0 Å². The van der Waals surface area contributed by atoms with E-state index in [2.05, 4.69) is 9.68 Å². The minimum atomic E-state index is -1.58. The molecule has 0 aromatic carbocycles. The number of carbonyl (C=O) groups excluding carboxylic acids is 6. The number of nitrogens with zero attached hydrogens (tertiary/aromatic N) is 2. The fourth-order valence-corrected chi connectivity index (χ4v) is 3.10. The van der Waals surface area contributed by atoms with Gasteiger partial charge in [-0.25, -0.2) is 9.59 Å². The molecular formula is C14H16N2O9S. The van der Waals surface area contributed by atoms with Crippen LogP contribution in [0.15, 0.2) is 0 Å². The van der Waals surface area contributed by atoms with Crippen molar-refractivity contribution in [3.05, 3.63) is 0 Å². The second-order valence-electron chi connectivity index (χ2n) is 5.44. The fourth-order valence-electron chi connectivity index (χ4n) is 2.11. The second kappa shape index (κ2) is 8.76. The molecule has 26 heavy (non-hydrogen) atoms. The van der Waals surface area contributed by atoms with Crippen molar-refractivity contribution < 1.29 is 43.0 Å². The average Bonchev–Trinajstić information content (AvgIpc) is 3.08. The van der Waals surface area contributed by atoms with Gasteiger partial charge in [0, 0.05) is 25.7 Å². The standard InChI is InChI=1S/C14H16N2O9S/c17-9-1-2-10(18)15(9)24-13(21)5-7-26(23)8-6-14(22)25-16-11(19)3-4-12(16)20/h1-8H2. The SMILES string of the molecule is O=C(CC[S+]([O-])CCC(=O)ON1C(=O)CCC1=O)ON1C(=O)CCC1=O. The van der Waals surface area contributed by atoms with Gasteiger partial charge in [0.05, 0.1) is 12.8 Å². The molecule has 12 heteroatoms. The summed E-state index contributed by atoms with van der Waals surface area (Å²) in [5.41, 5.74) is 0. The first-order valence-corrected chi connectivity index (χ1v) is 9.25. The molecule has 4 amide bonds. The van der Waals surface area contributed by atoms with Crippen molar-refractivity contribution in [1.82, 2.24) is 10.1 Å². The molecule has 0 unspecified atom stereocenters. The monoisotopic (exact) mass is 388 g/mol. The van der Waals surface area contributed by atoms with Gasteiger partial charge >= 0.3 is 11.9 Å². The first kappa shape index (κ1) is 19.8. The van der Waals surface area contributed by atoms with Crippen LogP contribution in [-0.2, 0) is 49.6 Å². The van der Waals surface area contributed by atoms with Crippen LogP contribution < -0.4 is 0 Å². The number of hydrogen-bond donors (Lipinski definition) is 0. The number of rotatable bonds is 8. The lowest BCUT2D eigenvalue weighted by Gasteiger charge is -2.15. The summed E-state index contributed by atoms with van der Waals surface area (Å²) in [4.78, 5) is 77.5. The van der Waals surface area contributed by atoms with E-state index >= 15 is 0 Å². The molecule has 0 spiro atoms. The lowest BCUT2D eigenvalue weighted by molar-refractivity contribution is -0.197. The van der Waals surface area contributed by atoms with Crippen LogP contribution in [0.1, 0.15) is 38.5 Å². The van der Waals surface area contributed by atoms with Gasteiger partial charge in [0.25, 0.3) is 23.6 Å². The molecule has 0 aliphatic carbocycles. The van der Waals surface area contributed by atoms with Gasteiger partial charge in [-0.3, -0.25) is 19.2 Å². The molecule has 0 N–H and O–H groups in total. The van der Waals surface area contributed by atoms with Crippen LogP contribution in [0.25, 0.3) is 0 Å². The third-order valence-corrected chi connectivity index (χ3v) is 4.78. The van der Waals surface area contributed by atoms with E-state index in [1.54, 1.807) is 0 Å². The highest BCUT2D eigenvalue weighted by Gasteiger charge is 2.34. The molecule has 2 heterocycles. The third kappa shape index (κ3) is 5.26. The van der Waals surface area contributed by atoms with Gasteiger partial charge in [-0.2, -0.15) is 0 Å². The summed E-state index contributed by atoms with van der Waals surface area (Å²) in [5.74, 6) is -4.53. The number of amides is 4. The Morgan fingerprint density at radius 1 is 0.769 bits per heavy atom. The third-order valence-electron chi connectivity index (χ3n) is 3.47. The molecule has 11 nitrogen and oxygen atoms in total. The molecule has 0 radical (unpaired) electrons. The van der Waals surface area contributed by atoms with Crippen LogP contribution in [0.3, 0.4) is 0 Å². The van der Waals surface area contributed by atoms with Crippen molar-refractivity contribution in [2.45, 2.75) is 38.5 Å². The zero-order chi connectivity index (χ0) is 19.3. The summed E-state index contributed by atoms with van der Waals surface area (Å²) in [6.45, 7) is 0. The summed E-state index contributed by atoms with van der Waals surface area (Å²) in [6, 6.07) is 0. The molecule has 2 rings (SSSR count). The molecule has 0 atom stereocenters. The smallest absolute Gasteiger partial charge is 0.337 e. The van der Waals surface area contributed by atoms with Crippen LogP contribution in [0.5, 0.6) is 0 Å². The Bertz CT molecular complexity index is 564. The van der Waals surface area contributed by atoms with E-state index in [-0.39, 0.29) is 50.0 Å². The molecule has 2 saturated heterocycles. The van der Waals surface area contributed by atoms with E-state index in [1.165, 1.54) is 0 Å². The molecule has 0 saturated carbocycles. The summed E-state index contributed by atoms with van der Waals surface area (Å²) in [7, 11) is 0. The van der Waals surface area contributed by atoms with Gasteiger partial charge in [-0.15, -0.1) is 10.1 Å². The maximum absolute atomic E-state index is 11.8. The Hall–Kier alpha value is -2.47. The molecular weight excluding hydrogens is 372 g/mol. The molecule has 142 valence electrons. The summed E-state index contributed by atoms with van der Waals surface area (Å²) in [6.07, 6.45) is -0.738. The molecule has 0 aromatic heterocycles. The van der Waals surface area contributed by atoms with Crippen LogP contribution >= 0.6 is 0 Å². The van der Waals surface area contributed by atoms with Gasteiger partial charge in [0.2, 0.25) is 0 Å². The van der Waals surface area contributed by atoms with Crippen molar-refractivity contribution in [3.63, 3.8) is 0 Å². The highest BCUT2D eigenvalue weighted by Crippen LogP contribution is 2.14. The molecule has 0 aromatic rings. The van der Waals surface area contributed by atoms with E-state index < -0.39 is 46.7 Å². The second-order valence-corrected chi connectivity index (χ2v) is 7.13. The van der Waals surface area contributed by atoms with Gasteiger partial charge in [-0.05, 0) is 0 Å². The Kier molecular flexibility index (Phi) is 6.69. The molecule has 2 aliphatic rings. The predicted molar refractivity (Wildman–Crippen MR) is 81.5 cm³/mol. The minimum absolute atomic E-state index is 0.0256. The lowest BCUT2D eigenvalue weighted by atomic mass is 10.4. The van der Waals surface area contributed by atoms with Crippen LogP contribution in [0.2, 0.25) is 0 Å². The zero-order valence-electron chi connectivity index (χ0n) is 13.6. The maximum atomic E-state index is 11.8. The van der Waals surface area contributed by atoms with Gasteiger partial charge in [-0.1, -0.05) is 11.2 Å². The first-order chi connectivity index (χ1) is 12.3. The summed E-state index contributed by atoms with van der Waals surface area (Å²) in [5, 5.41) is 0.791. The van der Waals surface area contributed by atoms with E-state index in [9.17, 15) is 33.3 Å². The van der Waals surface area contributed by atoms with E-state index in [1.807, 2.05) is 0 Å². The van der Waals surface area contributed by atoms with Gasteiger partial charge in [0.1, 0.15) is 11.5 Å². The quantitative estimate of drug-likeness (QED) is 0.366. The number of carbonyl (C=O) groups is 6. The maximum Gasteiger partial charge on any atom is 0.337 e. The topological polar surface area (TPSA) is 150 Å². The molecule has 0 bridgehead atoms. The molecule has 2 aliphatic heterocycles. The van der Waals surface area contributed by atoms with Crippen LogP contribution in [-0.4, -0.2) is 61.8 Å². The largest absolute Gasteiger partial charge is 0.616 e. The van der Waals surface area contributed by atoms with Crippen molar-refractivity contribution in [2.24, 2.45) is 0 Å². The van der Waals surface area contributed by atoms with Crippen molar-refractivity contribution in [2.75, 3.05) is 11.5 Å². The van der Waals surface area contributed by atoms with Crippen LogP contribution in [0.4, 0.5) is 0 Å². The van der Waals surface area contributed by atoms with Gasteiger partial charge in [0.15, 0.2) is 0 Å². The highest BCUT2D eigenvalue weighted by molar-refractivity contribution is 7.91. The minimum Gasteiger partial charge on any atom is -0.616 e. The number of hydrogen-bond acceptors (Lipinski definition) is 9. The van der Waals surface area contributed by atoms with Gasteiger partial charge < -0.3 is 14.2 Å². The van der Waals surface area contributed by atoms with Crippen LogP contribution in [0, 0.1) is 0 Å². The molecule has 2 fully saturated rings. The van der Waals surface area contributed by atoms with E-state index in [0.717, 1.165) is 0 Å². The highest BCUT2D eigenvalue weighted by atomic mass is 32.2. The van der Waals surface area contributed by atoms with E-state index in [0.29, 0.717) is 10.1 Å². The Morgan fingerprint density at radius 3 is 1.38 bits per heavy atom. The summed E-state index contributed by atoms with van der Waals surface area (Å²) < 4.78 is 11.8. The summed E-state index contributed by atoms with van der Waals surface area (Å²) >= 11 is -1.58. The lowest BCUT2D eigenvalue weighted by Crippen LogP contribution is -2.33. The van der Waals surface area contributed by atoms with Crippen molar-refractivity contribution >= 4 is 46.7 Å².